The van der Waals surface area contributed by atoms with Crippen LogP contribution in [-0.2, 0) is 16.1 Å². The molecule has 108 valence electrons. The Labute approximate surface area is 128 Å². The summed E-state index contributed by atoms with van der Waals surface area (Å²) in [5.74, 6) is 1.50. The number of aromatic nitrogens is 2. The van der Waals surface area contributed by atoms with E-state index in [4.69, 9.17) is 9.47 Å². The lowest BCUT2D eigenvalue weighted by Crippen LogP contribution is -2.24. The van der Waals surface area contributed by atoms with Gasteiger partial charge in [0, 0.05) is 21.3 Å². The van der Waals surface area contributed by atoms with E-state index in [1.165, 1.54) is 0 Å². The maximum Gasteiger partial charge on any atom is 0.160 e. The zero-order chi connectivity index (χ0) is 14.6. The molecule has 0 saturated carbocycles. The fourth-order valence-corrected chi connectivity index (χ4v) is 2.54. The molecule has 0 aliphatic rings. The number of hydrogen-bond acceptors (Lipinski definition) is 5. The van der Waals surface area contributed by atoms with Gasteiger partial charge in [-0.2, -0.15) is 0 Å². The molecule has 0 bridgehead atoms. The van der Waals surface area contributed by atoms with E-state index in [0.717, 1.165) is 15.1 Å². The van der Waals surface area contributed by atoms with Crippen LogP contribution in [0.1, 0.15) is 38.4 Å². The van der Waals surface area contributed by atoms with Crippen LogP contribution >= 0.6 is 22.6 Å². The summed E-state index contributed by atoms with van der Waals surface area (Å²) in [5, 5.41) is 3.10. The first-order valence-electron chi connectivity index (χ1n) is 6.11. The van der Waals surface area contributed by atoms with Crippen molar-refractivity contribution in [2.45, 2.75) is 33.5 Å². The summed E-state index contributed by atoms with van der Waals surface area (Å²) in [7, 11) is 5.20. The lowest BCUT2D eigenvalue weighted by atomic mass is 9.88. The molecule has 0 aliphatic heterocycles. The van der Waals surface area contributed by atoms with E-state index in [9.17, 15) is 0 Å². The quantitative estimate of drug-likeness (QED) is 0.798. The molecule has 0 aliphatic carbocycles. The highest BCUT2D eigenvalue weighted by Crippen LogP contribution is 2.35. The summed E-state index contributed by atoms with van der Waals surface area (Å²) in [6.45, 7) is 6.79. The monoisotopic (exact) mass is 379 g/mol. The summed E-state index contributed by atoms with van der Waals surface area (Å²) in [4.78, 5) is 9.16. The van der Waals surface area contributed by atoms with Crippen LogP contribution in [0.15, 0.2) is 0 Å². The lowest BCUT2D eigenvalue weighted by molar-refractivity contribution is 0.00832. The summed E-state index contributed by atoms with van der Waals surface area (Å²) in [6.07, 6.45) is -0.160. The molecule has 1 rings (SSSR count). The number of methoxy groups -OCH3 is 2. The lowest BCUT2D eigenvalue weighted by Gasteiger charge is -2.28. The van der Waals surface area contributed by atoms with Gasteiger partial charge in [0.05, 0.1) is 15.9 Å². The van der Waals surface area contributed by atoms with Crippen molar-refractivity contribution in [1.29, 1.82) is 0 Å². The number of ether oxygens (including phenoxy) is 2. The highest BCUT2D eigenvalue weighted by Gasteiger charge is 2.30. The largest absolute Gasteiger partial charge is 0.378 e. The molecule has 0 radical (unpaired) electrons. The van der Waals surface area contributed by atoms with E-state index in [1.54, 1.807) is 14.2 Å². The molecule has 0 fully saturated rings. The molecular formula is C13H22IN3O2. The second kappa shape index (κ2) is 6.81. The molecule has 0 amide bonds. The Morgan fingerprint density at radius 3 is 2.32 bits per heavy atom. The Kier molecular flexibility index (Phi) is 5.94. The fourth-order valence-electron chi connectivity index (χ4n) is 1.87. The predicted octanol–water partition coefficient (Wildman–Crippen LogP) is 3.00. The fraction of sp³-hybridized carbons (Fsp3) is 0.692. The van der Waals surface area contributed by atoms with Crippen molar-refractivity contribution < 1.29 is 9.47 Å². The van der Waals surface area contributed by atoms with Crippen LogP contribution in [0.3, 0.4) is 0 Å². The van der Waals surface area contributed by atoms with Crippen LogP contribution in [0.2, 0.25) is 0 Å². The van der Waals surface area contributed by atoms with E-state index in [-0.39, 0.29) is 11.5 Å². The number of nitrogens with zero attached hydrogens (tertiary/aromatic N) is 2. The topological polar surface area (TPSA) is 56.3 Å². The van der Waals surface area contributed by atoms with Crippen molar-refractivity contribution in [3.8, 4) is 0 Å². The second-order valence-corrected chi connectivity index (χ2v) is 6.43. The number of anilines is 1. The first-order valence-corrected chi connectivity index (χ1v) is 7.18. The van der Waals surface area contributed by atoms with Crippen LogP contribution in [0, 0.1) is 8.99 Å². The Bertz CT molecular complexity index is 433. The number of hydrogen-bond donors (Lipinski definition) is 1. The molecule has 0 aromatic carbocycles. The zero-order valence-corrected chi connectivity index (χ0v) is 14.5. The third kappa shape index (κ3) is 4.00. The minimum atomic E-state index is -0.160. The van der Waals surface area contributed by atoms with Gasteiger partial charge in [-0.05, 0) is 28.0 Å². The molecule has 6 heteroatoms. The van der Waals surface area contributed by atoms with Crippen molar-refractivity contribution in [2.24, 2.45) is 5.41 Å². The number of rotatable bonds is 5. The number of halogens is 1. The Morgan fingerprint density at radius 2 is 1.89 bits per heavy atom. The average Bonchev–Trinajstić information content (AvgIpc) is 2.32. The van der Waals surface area contributed by atoms with E-state index in [0.29, 0.717) is 12.4 Å². The van der Waals surface area contributed by atoms with Crippen molar-refractivity contribution in [3.05, 3.63) is 15.1 Å². The molecule has 1 unspecified atom stereocenters. The Balaban J connectivity index is 3.31. The summed E-state index contributed by atoms with van der Waals surface area (Å²) in [6, 6.07) is 0. The van der Waals surface area contributed by atoms with Crippen LogP contribution in [0.5, 0.6) is 0 Å². The van der Waals surface area contributed by atoms with Gasteiger partial charge in [0.25, 0.3) is 0 Å². The molecule has 0 spiro atoms. The van der Waals surface area contributed by atoms with Crippen molar-refractivity contribution in [2.75, 3.05) is 26.6 Å². The van der Waals surface area contributed by atoms with Crippen molar-refractivity contribution >= 4 is 28.4 Å². The molecule has 1 aromatic heterocycles. The Hall–Kier alpha value is -0.470. The van der Waals surface area contributed by atoms with Gasteiger partial charge < -0.3 is 14.8 Å². The number of nitrogens with one attached hydrogen (secondary N) is 1. The first-order chi connectivity index (χ1) is 8.85. The highest BCUT2D eigenvalue weighted by molar-refractivity contribution is 14.1. The van der Waals surface area contributed by atoms with E-state index < -0.39 is 0 Å². The molecule has 1 aromatic rings. The third-order valence-corrected chi connectivity index (χ3v) is 3.85. The van der Waals surface area contributed by atoms with Crippen molar-refractivity contribution in [3.63, 3.8) is 0 Å². The highest BCUT2D eigenvalue weighted by atomic mass is 127. The van der Waals surface area contributed by atoms with E-state index >= 15 is 0 Å². The van der Waals surface area contributed by atoms with Gasteiger partial charge in [0.15, 0.2) is 5.82 Å². The van der Waals surface area contributed by atoms with Gasteiger partial charge in [-0.25, -0.2) is 9.97 Å². The molecule has 1 heterocycles. The minimum absolute atomic E-state index is 0.0725. The Morgan fingerprint density at radius 1 is 1.26 bits per heavy atom. The third-order valence-electron chi connectivity index (χ3n) is 2.71. The summed E-state index contributed by atoms with van der Waals surface area (Å²) >= 11 is 2.23. The summed E-state index contributed by atoms with van der Waals surface area (Å²) < 4.78 is 11.8. The average molecular weight is 379 g/mol. The minimum Gasteiger partial charge on any atom is -0.378 e. The maximum atomic E-state index is 5.58. The van der Waals surface area contributed by atoms with Crippen LogP contribution in [0.25, 0.3) is 0 Å². The van der Waals surface area contributed by atoms with Gasteiger partial charge in [0.2, 0.25) is 0 Å². The molecule has 19 heavy (non-hydrogen) atoms. The normalized spacial score (nSPS) is 13.4. The van der Waals surface area contributed by atoms with Crippen LogP contribution in [0.4, 0.5) is 5.82 Å². The molecule has 1 N–H and O–H groups in total. The van der Waals surface area contributed by atoms with Gasteiger partial charge in [-0.3, -0.25) is 0 Å². The van der Waals surface area contributed by atoms with E-state index in [1.807, 2.05) is 7.05 Å². The standard InChI is InChI=1S/C13H22IN3O2/c1-13(2,3)10(19-6)12-16-8(7-18-5)9(14)11(15-4)17-12/h10H,7H2,1-6H3,(H,15,16,17). The van der Waals surface area contributed by atoms with Gasteiger partial charge >= 0.3 is 0 Å². The molecule has 0 saturated heterocycles. The van der Waals surface area contributed by atoms with Gasteiger partial charge in [-0.15, -0.1) is 0 Å². The molecular weight excluding hydrogens is 357 g/mol. The van der Waals surface area contributed by atoms with Crippen molar-refractivity contribution in [1.82, 2.24) is 9.97 Å². The van der Waals surface area contributed by atoms with E-state index in [2.05, 4.69) is 58.6 Å². The second-order valence-electron chi connectivity index (χ2n) is 5.36. The smallest absolute Gasteiger partial charge is 0.160 e. The maximum absolute atomic E-state index is 5.58. The predicted molar refractivity (Wildman–Crippen MR) is 84.2 cm³/mol. The zero-order valence-electron chi connectivity index (χ0n) is 12.4. The first kappa shape index (κ1) is 16.6. The van der Waals surface area contributed by atoms with Crippen LogP contribution < -0.4 is 5.32 Å². The molecule has 5 nitrogen and oxygen atoms in total. The SMILES string of the molecule is CNc1nc(C(OC)C(C)(C)C)nc(COC)c1I. The van der Waals surface area contributed by atoms with Crippen LogP contribution in [-0.4, -0.2) is 31.2 Å². The molecule has 1 atom stereocenters. The van der Waals surface area contributed by atoms with Gasteiger partial charge in [0.1, 0.15) is 11.9 Å². The van der Waals surface area contributed by atoms with Gasteiger partial charge in [-0.1, -0.05) is 20.8 Å². The summed E-state index contributed by atoms with van der Waals surface area (Å²) in [5.41, 5.74) is 0.806.